The van der Waals surface area contributed by atoms with Crippen molar-refractivity contribution in [3.8, 4) is 22.4 Å². The molecular weight excluding hydrogens is 709 g/mol. The standard InChI is InChI=1S/C43H40N8O5/c1-24(2)30-18-27(19-31-33(40(53)44-3)23-48-39(30)31)29-11-6-8-25-20-37(47-22-32(25)29)26-13-14-34(46-21-26)41(54)45-17-5-4-9-28-10-7-12-35(49-28)42(55)50-36-15-16-38(52)51-43(36)56/h4,6-14,18-24,36,48H,5,15-17H2,1-3H3,(H,44,53)(H,45,54)(H,50,55)(H,51,52,56)/b9-4+. The number of nitrogens with one attached hydrogen (secondary N) is 5. The lowest BCUT2D eigenvalue weighted by atomic mass is 9.91. The first-order valence-corrected chi connectivity index (χ1v) is 18.4. The highest BCUT2D eigenvalue weighted by molar-refractivity contribution is 6.09. The third kappa shape index (κ3) is 7.92. The van der Waals surface area contributed by atoms with E-state index >= 15 is 0 Å². The maximum Gasteiger partial charge on any atom is 0.270 e. The van der Waals surface area contributed by atoms with Gasteiger partial charge in [-0.05, 0) is 89.4 Å². The molecule has 0 bridgehead atoms. The van der Waals surface area contributed by atoms with Crippen molar-refractivity contribution >= 4 is 57.3 Å². The number of rotatable bonds is 11. The van der Waals surface area contributed by atoms with Crippen LogP contribution in [-0.4, -0.2) is 69.1 Å². The zero-order chi connectivity index (χ0) is 39.3. The quantitative estimate of drug-likeness (QED) is 0.0826. The van der Waals surface area contributed by atoms with Crippen LogP contribution in [0.3, 0.4) is 0 Å². The second-order valence-corrected chi connectivity index (χ2v) is 13.8. The van der Waals surface area contributed by atoms with Crippen molar-refractivity contribution in [1.29, 1.82) is 0 Å². The molecule has 0 saturated carbocycles. The summed E-state index contributed by atoms with van der Waals surface area (Å²) < 4.78 is 0. The monoisotopic (exact) mass is 748 g/mol. The van der Waals surface area contributed by atoms with E-state index in [1.54, 1.807) is 49.8 Å². The van der Waals surface area contributed by atoms with Crippen molar-refractivity contribution in [3.05, 3.63) is 120 Å². The average molecular weight is 749 g/mol. The normalized spacial score (nSPS) is 14.3. The summed E-state index contributed by atoms with van der Waals surface area (Å²) in [5.74, 6) is -1.62. The van der Waals surface area contributed by atoms with Gasteiger partial charge in [0.1, 0.15) is 17.4 Å². The zero-order valence-corrected chi connectivity index (χ0v) is 31.1. The molecule has 0 radical (unpaired) electrons. The van der Waals surface area contributed by atoms with Crippen molar-refractivity contribution in [1.82, 2.24) is 41.2 Å². The Hall–Kier alpha value is -7.02. The second kappa shape index (κ2) is 16.1. The minimum absolute atomic E-state index is 0.144. The van der Waals surface area contributed by atoms with E-state index in [2.05, 4.69) is 68.3 Å². The van der Waals surface area contributed by atoms with Crippen LogP contribution in [0.15, 0.2) is 91.4 Å². The van der Waals surface area contributed by atoms with Gasteiger partial charge in [0.05, 0.1) is 17.0 Å². The summed E-state index contributed by atoms with van der Waals surface area (Å²) >= 11 is 0. The molecule has 13 heteroatoms. The molecule has 282 valence electrons. The van der Waals surface area contributed by atoms with E-state index in [1.807, 2.05) is 36.5 Å². The number of fused-ring (bicyclic) bond motifs is 2. The maximum absolute atomic E-state index is 12.9. The molecule has 1 fully saturated rings. The van der Waals surface area contributed by atoms with Crippen molar-refractivity contribution in [2.24, 2.45) is 0 Å². The van der Waals surface area contributed by atoms with Crippen molar-refractivity contribution in [2.75, 3.05) is 13.6 Å². The molecule has 1 saturated heterocycles. The lowest BCUT2D eigenvalue weighted by Crippen LogP contribution is -2.52. The van der Waals surface area contributed by atoms with Crippen LogP contribution in [0.2, 0.25) is 0 Å². The van der Waals surface area contributed by atoms with Crippen LogP contribution in [0.1, 0.15) is 81.6 Å². The Kier molecular flexibility index (Phi) is 10.8. The number of imide groups is 1. The van der Waals surface area contributed by atoms with Gasteiger partial charge in [-0.2, -0.15) is 0 Å². The van der Waals surface area contributed by atoms with Gasteiger partial charge in [-0.3, -0.25) is 39.3 Å². The molecular formula is C43H40N8O5. The Morgan fingerprint density at radius 1 is 0.893 bits per heavy atom. The van der Waals surface area contributed by atoms with Gasteiger partial charge < -0.3 is 20.9 Å². The molecule has 7 rings (SSSR count). The summed E-state index contributed by atoms with van der Waals surface area (Å²) in [5.41, 5.74) is 7.13. The number of amides is 5. The first kappa shape index (κ1) is 37.3. The van der Waals surface area contributed by atoms with Crippen LogP contribution >= 0.6 is 0 Å². The predicted molar refractivity (Wildman–Crippen MR) is 214 cm³/mol. The number of hydrogen-bond acceptors (Lipinski definition) is 8. The SMILES string of the molecule is CNC(=O)c1c[nH]c2c(C(C)C)cc(-c3cccc4cc(-c5ccc(C(=O)NCC/C=C/c6cccc(C(=O)NC7CCC(=O)NC7=O)n6)nc5)ncc34)cc12. The van der Waals surface area contributed by atoms with E-state index < -0.39 is 17.9 Å². The minimum atomic E-state index is -0.788. The van der Waals surface area contributed by atoms with Crippen molar-refractivity contribution < 1.29 is 24.0 Å². The van der Waals surface area contributed by atoms with Gasteiger partial charge in [-0.25, -0.2) is 4.98 Å². The molecule has 13 nitrogen and oxygen atoms in total. The van der Waals surface area contributed by atoms with E-state index in [0.717, 1.165) is 49.6 Å². The number of H-pyrrole nitrogens is 1. The van der Waals surface area contributed by atoms with Gasteiger partial charge in [0.15, 0.2) is 0 Å². The lowest BCUT2D eigenvalue weighted by Gasteiger charge is -2.21. The molecule has 5 heterocycles. The highest BCUT2D eigenvalue weighted by Crippen LogP contribution is 2.36. The molecule has 0 aliphatic carbocycles. The Bertz CT molecular complexity index is 2540. The van der Waals surface area contributed by atoms with Crippen LogP contribution in [0.4, 0.5) is 0 Å². The third-order valence-electron chi connectivity index (χ3n) is 9.71. The summed E-state index contributed by atoms with van der Waals surface area (Å²) in [5, 5.41) is 13.3. The number of carbonyl (C=O) groups excluding carboxylic acids is 5. The molecule has 1 atom stereocenters. The first-order valence-electron chi connectivity index (χ1n) is 18.4. The molecule has 2 aromatic carbocycles. The van der Waals surface area contributed by atoms with Gasteiger partial charge in [0.2, 0.25) is 11.8 Å². The van der Waals surface area contributed by atoms with Crippen LogP contribution in [0, 0.1) is 0 Å². The molecule has 0 spiro atoms. The lowest BCUT2D eigenvalue weighted by molar-refractivity contribution is -0.134. The summed E-state index contributed by atoms with van der Waals surface area (Å²) in [7, 11) is 1.63. The number of aromatic nitrogens is 4. The van der Waals surface area contributed by atoms with Crippen LogP contribution in [0.5, 0.6) is 0 Å². The number of benzene rings is 2. The van der Waals surface area contributed by atoms with Gasteiger partial charge in [-0.1, -0.05) is 44.2 Å². The largest absolute Gasteiger partial charge is 0.360 e. The highest BCUT2D eigenvalue weighted by Gasteiger charge is 2.28. The number of nitrogens with zero attached hydrogens (tertiary/aromatic N) is 3. The second-order valence-electron chi connectivity index (χ2n) is 13.8. The number of pyridine rings is 3. The first-order chi connectivity index (χ1) is 27.1. The minimum Gasteiger partial charge on any atom is -0.360 e. The average Bonchev–Trinajstić information content (AvgIpc) is 3.64. The van der Waals surface area contributed by atoms with E-state index in [0.29, 0.717) is 24.2 Å². The van der Waals surface area contributed by atoms with Gasteiger partial charge in [-0.15, -0.1) is 0 Å². The molecule has 6 aromatic rings. The molecule has 4 aromatic heterocycles. The summed E-state index contributed by atoms with van der Waals surface area (Å²) in [4.78, 5) is 78.4. The van der Waals surface area contributed by atoms with Gasteiger partial charge in [0, 0.05) is 60.5 Å². The zero-order valence-electron chi connectivity index (χ0n) is 31.1. The van der Waals surface area contributed by atoms with Crippen LogP contribution in [0.25, 0.3) is 50.1 Å². The van der Waals surface area contributed by atoms with Gasteiger partial charge >= 0.3 is 0 Å². The molecule has 1 unspecified atom stereocenters. The predicted octanol–water partition coefficient (Wildman–Crippen LogP) is 5.69. The summed E-state index contributed by atoms with van der Waals surface area (Å²) in [6, 6.07) is 20.0. The number of carbonyl (C=O) groups is 5. The Balaban J connectivity index is 0.979. The highest BCUT2D eigenvalue weighted by atomic mass is 16.2. The topological polar surface area (TPSA) is 188 Å². The van der Waals surface area contributed by atoms with Gasteiger partial charge in [0.25, 0.3) is 17.7 Å². The third-order valence-corrected chi connectivity index (χ3v) is 9.71. The molecule has 56 heavy (non-hydrogen) atoms. The van der Waals surface area contributed by atoms with Crippen LogP contribution < -0.4 is 21.3 Å². The van der Waals surface area contributed by atoms with E-state index in [-0.39, 0.29) is 47.9 Å². The number of piperidine rings is 1. The number of aromatic amines is 1. The number of hydrogen-bond donors (Lipinski definition) is 5. The van der Waals surface area contributed by atoms with Crippen molar-refractivity contribution in [3.63, 3.8) is 0 Å². The molecule has 5 N–H and O–H groups in total. The van der Waals surface area contributed by atoms with E-state index in [1.165, 1.54) is 0 Å². The van der Waals surface area contributed by atoms with Crippen LogP contribution in [-0.2, 0) is 9.59 Å². The van der Waals surface area contributed by atoms with E-state index in [4.69, 9.17) is 4.98 Å². The fourth-order valence-electron chi connectivity index (χ4n) is 6.75. The summed E-state index contributed by atoms with van der Waals surface area (Å²) in [6.07, 6.45) is 9.74. The molecule has 1 aliphatic heterocycles. The fraction of sp³-hybridized carbons (Fsp3) is 0.209. The Morgan fingerprint density at radius 3 is 2.50 bits per heavy atom. The molecule has 1 aliphatic rings. The summed E-state index contributed by atoms with van der Waals surface area (Å²) in [6.45, 7) is 4.63. The Labute approximate surface area is 322 Å². The van der Waals surface area contributed by atoms with Crippen molar-refractivity contribution in [2.45, 2.75) is 45.1 Å². The van der Waals surface area contributed by atoms with E-state index in [9.17, 15) is 24.0 Å². The maximum atomic E-state index is 12.9. The Morgan fingerprint density at radius 2 is 1.73 bits per heavy atom. The molecule has 5 amide bonds. The fourth-order valence-corrected chi connectivity index (χ4v) is 6.75. The smallest absolute Gasteiger partial charge is 0.270 e.